The summed E-state index contributed by atoms with van der Waals surface area (Å²) in [6, 6.07) is 6.37. The van der Waals surface area contributed by atoms with E-state index >= 15 is 0 Å². The molecule has 1 aromatic carbocycles. The maximum atomic E-state index is 12.2. The minimum Gasteiger partial charge on any atom is -0.446 e. The van der Waals surface area contributed by atoms with Gasteiger partial charge in [-0.25, -0.2) is 17.9 Å². The Kier molecular flexibility index (Phi) is 5.13. The van der Waals surface area contributed by atoms with Crippen molar-refractivity contribution < 1.29 is 17.9 Å². The van der Waals surface area contributed by atoms with Crippen LogP contribution in [0.15, 0.2) is 29.2 Å². The number of aryl methyl sites for hydroxylation is 1. The van der Waals surface area contributed by atoms with E-state index in [9.17, 15) is 13.2 Å². The number of hydrogen-bond acceptors (Lipinski definition) is 4. The molecule has 6 heteroatoms. The van der Waals surface area contributed by atoms with Gasteiger partial charge in [0.2, 0.25) is 0 Å². The van der Waals surface area contributed by atoms with Crippen molar-refractivity contribution >= 4 is 16.1 Å². The van der Waals surface area contributed by atoms with Gasteiger partial charge in [-0.2, -0.15) is 0 Å². The molecular weight excluding hydrogens is 326 g/mol. The number of hydrogen-bond donors (Lipinski definition) is 1. The summed E-state index contributed by atoms with van der Waals surface area (Å²) < 4.78 is 31.8. The first-order valence-corrected chi connectivity index (χ1v) is 10.2. The first-order valence-electron chi connectivity index (χ1n) is 8.74. The number of carbonyl (C=O) groups excluding carboxylic acids is 1. The normalized spacial score (nSPS) is 27.1. The lowest BCUT2D eigenvalue weighted by molar-refractivity contribution is 0.0301. The molecule has 0 aromatic heterocycles. The standard InChI is InChI=1S/C18H25NO4S/c1-13-6-10-17(11-7-13)24(21,22)19-18(20)23-16-9-8-14-4-2-3-5-15(14)12-16/h6-7,10-11,14-16H,2-5,8-9,12H2,1H3,(H,19,20)/t14-,15+,16+/m0/s1. The third kappa shape index (κ3) is 4.09. The molecule has 2 saturated carbocycles. The van der Waals surface area contributed by atoms with E-state index in [-0.39, 0.29) is 11.0 Å². The molecule has 3 rings (SSSR count). The molecule has 3 atom stereocenters. The second kappa shape index (κ2) is 7.13. The van der Waals surface area contributed by atoms with E-state index in [1.807, 2.05) is 11.6 Å². The minimum absolute atomic E-state index is 0.0704. The predicted octanol–water partition coefficient (Wildman–Crippen LogP) is 3.77. The fraction of sp³-hybridized carbons (Fsp3) is 0.611. The molecule has 0 spiro atoms. The Labute approximate surface area is 143 Å². The first-order chi connectivity index (χ1) is 11.4. The Hall–Kier alpha value is -1.56. The lowest BCUT2D eigenvalue weighted by Gasteiger charge is -2.38. The molecule has 1 amide bonds. The van der Waals surface area contributed by atoms with E-state index in [1.54, 1.807) is 12.1 Å². The molecule has 0 saturated heterocycles. The Bertz CT molecular complexity index is 683. The Balaban J connectivity index is 1.56. The van der Waals surface area contributed by atoms with Crippen LogP contribution in [0.2, 0.25) is 0 Å². The summed E-state index contributed by atoms with van der Waals surface area (Å²) in [5.74, 6) is 1.39. The molecule has 1 N–H and O–H groups in total. The Morgan fingerprint density at radius 1 is 1.04 bits per heavy atom. The maximum Gasteiger partial charge on any atom is 0.421 e. The van der Waals surface area contributed by atoms with Crippen molar-refractivity contribution in [2.75, 3.05) is 0 Å². The van der Waals surface area contributed by atoms with Gasteiger partial charge in [0, 0.05) is 0 Å². The van der Waals surface area contributed by atoms with E-state index in [1.165, 1.54) is 37.8 Å². The van der Waals surface area contributed by atoms with Crippen molar-refractivity contribution in [1.82, 2.24) is 4.72 Å². The van der Waals surface area contributed by atoms with Crippen LogP contribution in [0.25, 0.3) is 0 Å². The molecule has 0 heterocycles. The van der Waals surface area contributed by atoms with Gasteiger partial charge in [-0.3, -0.25) is 0 Å². The molecule has 0 aliphatic heterocycles. The van der Waals surface area contributed by atoms with Crippen molar-refractivity contribution in [2.45, 2.75) is 62.9 Å². The smallest absolute Gasteiger partial charge is 0.421 e. The van der Waals surface area contributed by atoms with Gasteiger partial charge >= 0.3 is 6.09 Å². The monoisotopic (exact) mass is 351 g/mol. The Morgan fingerprint density at radius 2 is 1.71 bits per heavy atom. The quantitative estimate of drug-likeness (QED) is 0.900. The lowest BCUT2D eigenvalue weighted by Crippen LogP contribution is -2.37. The average molecular weight is 351 g/mol. The first kappa shape index (κ1) is 17.3. The molecule has 0 radical (unpaired) electrons. The zero-order valence-electron chi connectivity index (χ0n) is 14.0. The lowest BCUT2D eigenvalue weighted by atomic mass is 9.70. The molecule has 2 aliphatic carbocycles. The second-order valence-corrected chi connectivity index (χ2v) is 8.75. The second-order valence-electron chi connectivity index (χ2n) is 7.06. The van der Waals surface area contributed by atoms with Crippen LogP contribution in [0.3, 0.4) is 0 Å². The highest BCUT2D eigenvalue weighted by molar-refractivity contribution is 7.90. The zero-order valence-corrected chi connectivity index (χ0v) is 14.8. The number of sulfonamides is 1. The summed E-state index contributed by atoms with van der Waals surface area (Å²) >= 11 is 0. The van der Waals surface area contributed by atoms with E-state index < -0.39 is 16.1 Å². The average Bonchev–Trinajstić information content (AvgIpc) is 2.54. The highest BCUT2D eigenvalue weighted by Crippen LogP contribution is 2.41. The van der Waals surface area contributed by atoms with E-state index in [2.05, 4.69) is 0 Å². The molecule has 0 unspecified atom stereocenters. The van der Waals surface area contributed by atoms with Crippen LogP contribution in [-0.4, -0.2) is 20.6 Å². The van der Waals surface area contributed by atoms with Gasteiger partial charge in [0.1, 0.15) is 6.10 Å². The third-order valence-corrected chi connectivity index (χ3v) is 6.64. The van der Waals surface area contributed by atoms with Crippen LogP contribution >= 0.6 is 0 Å². The summed E-state index contributed by atoms with van der Waals surface area (Å²) in [5, 5.41) is 0. The number of amides is 1. The van der Waals surface area contributed by atoms with E-state index in [0.29, 0.717) is 5.92 Å². The van der Waals surface area contributed by atoms with Gasteiger partial charge in [-0.1, -0.05) is 43.4 Å². The SMILES string of the molecule is Cc1ccc(S(=O)(=O)NC(=O)O[C@@H]2CC[C@@H]3CCCC[C@@H]3C2)cc1. The van der Waals surface area contributed by atoms with Crippen LogP contribution < -0.4 is 4.72 Å². The molecule has 2 aliphatic rings. The number of fused-ring (bicyclic) bond motifs is 1. The van der Waals surface area contributed by atoms with Crippen molar-refractivity contribution in [3.8, 4) is 0 Å². The molecule has 0 bridgehead atoms. The van der Waals surface area contributed by atoms with Crippen molar-refractivity contribution in [3.63, 3.8) is 0 Å². The van der Waals surface area contributed by atoms with Crippen LogP contribution in [0.4, 0.5) is 4.79 Å². The zero-order chi connectivity index (χ0) is 17.2. The number of carbonyl (C=O) groups is 1. The summed E-state index contributed by atoms with van der Waals surface area (Å²) in [6.07, 6.45) is 6.78. The fourth-order valence-corrected chi connectivity index (χ4v) is 4.88. The van der Waals surface area contributed by atoms with E-state index in [0.717, 1.165) is 30.7 Å². The highest BCUT2D eigenvalue weighted by atomic mass is 32.2. The largest absolute Gasteiger partial charge is 0.446 e. The van der Waals surface area contributed by atoms with Crippen molar-refractivity contribution in [3.05, 3.63) is 29.8 Å². The van der Waals surface area contributed by atoms with Crippen molar-refractivity contribution in [1.29, 1.82) is 0 Å². The van der Waals surface area contributed by atoms with E-state index in [4.69, 9.17) is 4.74 Å². The van der Waals surface area contributed by atoms with Crippen LogP contribution in [0.5, 0.6) is 0 Å². The summed E-state index contributed by atoms with van der Waals surface area (Å²) in [7, 11) is -3.87. The molecule has 5 nitrogen and oxygen atoms in total. The molecule has 132 valence electrons. The third-order valence-electron chi connectivity index (χ3n) is 5.31. The van der Waals surface area contributed by atoms with Gasteiger partial charge in [-0.15, -0.1) is 0 Å². The number of ether oxygens (including phenoxy) is 1. The fourth-order valence-electron chi connectivity index (χ4n) is 4.00. The Morgan fingerprint density at radius 3 is 2.42 bits per heavy atom. The number of nitrogens with one attached hydrogen (secondary N) is 1. The van der Waals surface area contributed by atoms with Gasteiger partial charge in [0.25, 0.3) is 10.0 Å². The van der Waals surface area contributed by atoms with Gasteiger partial charge < -0.3 is 4.74 Å². The van der Waals surface area contributed by atoms with Gasteiger partial charge in [0.15, 0.2) is 0 Å². The van der Waals surface area contributed by atoms with Crippen molar-refractivity contribution in [2.24, 2.45) is 11.8 Å². The van der Waals surface area contributed by atoms with Gasteiger partial charge in [0.05, 0.1) is 4.90 Å². The molecular formula is C18H25NO4S. The molecule has 1 aromatic rings. The summed E-state index contributed by atoms with van der Waals surface area (Å²) in [4.78, 5) is 12.1. The summed E-state index contributed by atoms with van der Waals surface area (Å²) in [5.41, 5.74) is 0.959. The molecule has 2 fully saturated rings. The van der Waals surface area contributed by atoms with Gasteiger partial charge in [-0.05, 0) is 50.2 Å². The van der Waals surface area contributed by atoms with Crippen LogP contribution in [0.1, 0.15) is 50.5 Å². The molecule has 24 heavy (non-hydrogen) atoms. The topological polar surface area (TPSA) is 72.5 Å². The number of rotatable bonds is 3. The highest BCUT2D eigenvalue weighted by Gasteiger charge is 2.34. The predicted molar refractivity (Wildman–Crippen MR) is 91.1 cm³/mol. The maximum absolute atomic E-state index is 12.2. The van der Waals surface area contributed by atoms with Crippen LogP contribution in [0, 0.1) is 18.8 Å². The summed E-state index contributed by atoms with van der Waals surface area (Å²) in [6.45, 7) is 1.87. The minimum atomic E-state index is -3.87. The number of benzene rings is 1. The van der Waals surface area contributed by atoms with Crippen LogP contribution in [-0.2, 0) is 14.8 Å².